The predicted molar refractivity (Wildman–Crippen MR) is 92.9 cm³/mol. The number of rotatable bonds is 4. The fourth-order valence-corrected chi connectivity index (χ4v) is 3.35. The van der Waals surface area contributed by atoms with E-state index in [0.717, 1.165) is 5.69 Å². The Hall–Kier alpha value is -2.88. The summed E-state index contributed by atoms with van der Waals surface area (Å²) in [7, 11) is 0. The molecule has 0 saturated heterocycles. The molecule has 0 aliphatic carbocycles. The summed E-state index contributed by atoms with van der Waals surface area (Å²) in [5.74, 6) is 0. The van der Waals surface area contributed by atoms with E-state index in [0.29, 0.717) is 36.5 Å². The van der Waals surface area contributed by atoms with Crippen LogP contribution in [0.25, 0.3) is 0 Å². The average molecular weight is 394 g/mol. The molecule has 1 N–H and O–H groups in total. The Morgan fingerprint density at radius 2 is 2.22 bits per heavy atom. The van der Waals surface area contributed by atoms with Gasteiger partial charge in [-0.2, -0.15) is 5.10 Å². The first kappa shape index (κ1) is 17.5. The van der Waals surface area contributed by atoms with E-state index < -0.39 is 12.0 Å². The third kappa shape index (κ3) is 3.27. The van der Waals surface area contributed by atoms with Crippen LogP contribution in [0, 0.1) is 0 Å². The molecule has 0 bridgehead atoms. The van der Waals surface area contributed by atoms with Gasteiger partial charge in [0.05, 0.1) is 30.7 Å². The van der Waals surface area contributed by atoms with Crippen molar-refractivity contribution in [3.63, 3.8) is 0 Å². The van der Waals surface area contributed by atoms with Crippen molar-refractivity contribution >= 4 is 17.3 Å². The highest BCUT2D eigenvalue weighted by Crippen LogP contribution is 2.27. The molecule has 1 aliphatic heterocycles. The zero-order chi connectivity index (χ0) is 19.0. The van der Waals surface area contributed by atoms with Crippen LogP contribution in [0.1, 0.15) is 29.1 Å². The maximum Gasteiger partial charge on any atom is 0.285 e. The second-order valence-electron chi connectivity index (χ2n) is 6.06. The quantitative estimate of drug-likeness (QED) is 0.728. The number of aromatic nitrogens is 6. The lowest BCUT2D eigenvalue weighted by molar-refractivity contribution is 0.144. The summed E-state index contributed by atoms with van der Waals surface area (Å²) in [6.07, 6.45) is 0.764. The number of pyridine rings is 1. The van der Waals surface area contributed by atoms with Gasteiger partial charge in [-0.15, -0.1) is 5.10 Å². The number of nitrogens with one attached hydrogen (secondary N) is 1. The molecule has 3 aromatic rings. The minimum Gasteiger partial charge on any atom is -0.362 e. The van der Waals surface area contributed by atoms with Crippen molar-refractivity contribution in [1.82, 2.24) is 30.2 Å². The third-order valence-corrected chi connectivity index (χ3v) is 4.81. The molecule has 0 saturated carbocycles. The fraction of sp³-hybridized carbons (Fsp3) is 0.312. The molecule has 11 heteroatoms. The first-order chi connectivity index (χ1) is 13.0. The highest BCUT2D eigenvalue weighted by molar-refractivity contribution is 6.32. The number of halogens is 3. The Kier molecular flexibility index (Phi) is 4.56. The van der Waals surface area contributed by atoms with Crippen molar-refractivity contribution in [1.29, 1.82) is 0 Å². The first-order valence-corrected chi connectivity index (χ1v) is 8.53. The Morgan fingerprint density at radius 1 is 1.37 bits per heavy atom. The summed E-state index contributed by atoms with van der Waals surface area (Å²) in [4.78, 5) is 17.3. The Balaban J connectivity index is 1.59. The summed E-state index contributed by atoms with van der Waals surface area (Å²) >= 11 is 6.07. The monoisotopic (exact) mass is 393 g/mol. The number of aromatic amines is 1. The Morgan fingerprint density at radius 3 is 3.04 bits per heavy atom. The Labute approximate surface area is 156 Å². The standard InChI is InChI=1S/C16H14ClF2N7O/c17-13-12(6-21-23-16(13)27)25-5-3-11-10(8-25)22-24-26(11)7-9-2-1-4-20-14(9)15(18)19/h1-2,4,6,15H,3,5,7-8H2,(H,23,27). The largest absolute Gasteiger partial charge is 0.362 e. The molecule has 1 aliphatic rings. The maximum atomic E-state index is 13.1. The van der Waals surface area contributed by atoms with Crippen molar-refractivity contribution in [2.75, 3.05) is 11.4 Å². The molecule has 4 rings (SSSR count). The van der Waals surface area contributed by atoms with Gasteiger partial charge in [0.25, 0.3) is 12.0 Å². The van der Waals surface area contributed by atoms with Crippen molar-refractivity contribution in [2.24, 2.45) is 0 Å². The highest BCUT2D eigenvalue weighted by Gasteiger charge is 2.25. The smallest absolute Gasteiger partial charge is 0.285 e. The molecule has 140 valence electrons. The summed E-state index contributed by atoms with van der Waals surface area (Å²) in [5.41, 5.74) is 1.79. The minimum atomic E-state index is -2.65. The van der Waals surface area contributed by atoms with E-state index in [1.165, 1.54) is 12.4 Å². The zero-order valence-corrected chi connectivity index (χ0v) is 14.7. The van der Waals surface area contributed by atoms with E-state index in [1.54, 1.807) is 16.8 Å². The van der Waals surface area contributed by atoms with Crippen LogP contribution < -0.4 is 10.5 Å². The third-order valence-electron chi connectivity index (χ3n) is 4.45. The lowest BCUT2D eigenvalue weighted by Crippen LogP contribution is -2.32. The van der Waals surface area contributed by atoms with Gasteiger partial charge in [0.15, 0.2) is 0 Å². The molecule has 0 atom stereocenters. The maximum absolute atomic E-state index is 13.1. The van der Waals surface area contributed by atoms with Crippen LogP contribution in [0.3, 0.4) is 0 Å². The second-order valence-corrected chi connectivity index (χ2v) is 6.44. The van der Waals surface area contributed by atoms with E-state index in [-0.39, 0.29) is 17.3 Å². The van der Waals surface area contributed by atoms with Crippen LogP contribution in [-0.4, -0.2) is 36.7 Å². The van der Waals surface area contributed by atoms with Crippen molar-refractivity contribution < 1.29 is 8.78 Å². The average Bonchev–Trinajstić information content (AvgIpc) is 3.06. The number of fused-ring (bicyclic) bond motifs is 1. The molecule has 4 heterocycles. The van der Waals surface area contributed by atoms with E-state index in [4.69, 9.17) is 11.6 Å². The predicted octanol–water partition coefficient (Wildman–Crippen LogP) is 1.96. The number of alkyl halides is 2. The van der Waals surface area contributed by atoms with Gasteiger partial charge in [-0.05, 0) is 6.07 Å². The molecule has 8 nitrogen and oxygen atoms in total. The van der Waals surface area contributed by atoms with E-state index >= 15 is 0 Å². The summed E-state index contributed by atoms with van der Waals surface area (Å²) in [6.45, 7) is 1.14. The van der Waals surface area contributed by atoms with Crippen molar-refractivity contribution in [3.05, 3.63) is 62.5 Å². The van der Waals surface area contributed by atoms with Gasteiger partial charge in [0, 0.05) is 24.7 Å². The number of nitrogens with zero attached hydrogens (tertiary/aromatic N) is 6. The molecule has 27 heavy (non-hydrogen) atoms. The topological polar surface area (TPSA) is 92.6 Å². The molecule has 0 amide bonds. The van der Waals surface area contributed by atoms with Gasteiger partial charge in [-0.25, -0.2) is 18.6 Å². The summed E-state index contributed by atoms with van der Waals surface area (Å²) < 4.78 is 27.9. The highest BCUT2D eigenvalue weighted by atomic mass is 35.5. The number of hydrogen-bond donors (Lipinski definition) is 1. The van der Waals surface area contributed by atoms with Gasteiger partial charge in [0.2, 0.25) is 0 Å². The number of anilines is 1. The molecule has 0 spiro atoms. The van der Waals surface area contributed by atoms with Gasteiger partial charge in [-0.3, -0.25) is 9.78 Å². The first-order valence-electron chi connectivity index (χ1n) is 8.16. The van der Waals surface area contributed by atoms with Gasteiger partial charge < -0.3 is 4.90 Å². The van der Waals surface area contributed by atoms with Crippen LogP contribution in [0.15, 0.2) is 29.3 Å². The lowest BCUT2D eigenvalue weighted by Gasteiger charge is -2.28. The van der Waals surface area contributed by atoms with E-state index in [2.05, 4.69) is 25.5 Å². The normalized spacial score (nSPS) is 13.9. The zero-order valence-electron chi connectivity index (χ0n) is 13.9. The van der Waals surface area contributed by atoms with Crippen LogP contribution in [-0.2, 0) is 19.5 Å². The van der Waals surface area contributed by atoms with Crippen LogP contribution in [0.4, 0.5) is 14.5 Å². The molecule has 0 radical (unpaired) electrons. The van der Waals surface area contributed by atoms with Crippen molar-refractivity contribution in [3.8, 4) is 0 Å². The molecule has 3 aromatic heterocycles. The van der Waals surface area contributed by atoms with Gasteiger partial charge in [-0.1, -0.05) is 22.9 Å². The molecule has 0 aromatic carbocycles. The molecular formula is C16H14ClF2N7O. The summed E-state index contributed by atoms with van der Waals surface area (Å²) in [5, 5.41) is 14.4. The lowest BCUT2D eigenvalue weighted by atomic mass is 10.1. The number of H-pyrrole nitrogens is 1. The molecule has 0 unspecified atom stereocenters. The number of hydrogen-bond acceptors (Lipinski definition) is 6. The van der Waals surface area contributed by atoms with Crippen molar-refractivity contribution in [2.45, 2.75) is 25.9 Å². The van der Waals surface area contributed by atoms with Gasteiger partial charge in [0.1, 0.15) is 16.4 Å². The van der Waals surface area contributed by atoms with Crippen LogP contribution >= 0.6 is 11.6 Å². The second kappa shape index (κ2) is 7.03. The minimum absolute atomic E-state index is 0.0674. The fourth-order valence-electron chi connectivity index (χ4n) is 3.14. The Bertz CT molecular complexity index is 1040. The van der Waals surface area contributed by atoms with Gasteiger partial charge >= 0.3 is 0 Å². The molecule has 0 fully saturated rings. The van der Waals surface area contributed by atoms with E-state index in [1.807, 2.05) is 4.90 Å². The van der Waals surface area contributed by atoms with E-state index in [9.17, 15) is 13.6 Å². The molecular weight excluding hydrogens is 380 g/mol. The summed E-state index contributed by atoms with van der Waals surface area (Å²) in [6, 6.07) is 3.23. The van der Waals surface area contributed by atoms with Crippen LogP contribution in [0.2, 0.25) is 5.02 Å². The van der Waals surface area contributed by atoms with Crippen LogP contribution in [0.5, 0.6) is 0 Å². The SMILES string of the molecule is O=c1[nH]ncc(N2CCc3c(nnn3Cc3cccnc3C(F)F)C2)c1Cl.